The Bertz CT molecular complexity index is 1150. The number of aryl methyl sites for hydroxylation is 1. The molecule has 0 bridgehead atoms. The fraction of sp³-hybridized carbons (Fsp3) is 0.200. The minimum Gasteiger partial charge on any atom is -0.465 e. The van der Waals surface area contributed by atoms with Gasteiger partial charge in [0.25, 0.3) is 0 Å². The highest BCUT2D eigenvalue weighted by Crippen LogP contribution is 2.29. The first-order valence-electron chi connectivity index (χ1n) is 8.62. The van der Waals surface area contributed by atoms with Crippen molar-refractivity contribution >= 4 is 28.6 Å². The number of furan rings is 1. The summed E-state index contributed by atoms with van der Waals surface area (Å²) in [5.74, 6) is 1.36. The Kier molecular flexibility index (Phi) is 4.87. The van der Waals surface area contributed by atoms with Crippen LogP contribution in [0.4, 0.5) is 0 Å². The highest BCUT2D eigenvalue weighted by molar-refractivity contribution is 7.98. The van der Waals surface area contributed by atoms with Gasteiger partial charge in [-0.05, 0) is 30.7 Å². The molecule has 142 valence electrons. The number of benzene rings is 1. The molecule has 0 aliphatic heterocycles. The largest absolute Gasteiger partial charge is 0.465 e. The number of nitrogens with zero attached hydrogens (tertiary/aromatic N) is 4. The molecule has 0 atom stereocenters. The highest BCUT2D eigenvalue weighted by atomic mass is 32.2. The Morgan fingerprint density at radius 2 is 2.04 bits per heavy atom. The lowest BCUT2D eigenvalue weighted by atomic mass is 10.0. The molecule has 0 saturated heterocycles. The van der Waals surface area contributed by atoms with Crippen LogP contribution in [-0.2, 0) is 17.5 Å². The van der Waals surface area contributed by atoms with Gasteiger partial charge in [0.1, 0.15) is 0 Å². The molecule has 3 heterocycles. The molecule has 0 N–H and O–H groups in total. The number of aromatic nitrogens is 4. The molecule has 7 nitrogen and oxygen atoms in total. The van der Waals surface area contributed by atoms with Crippen molar-refractivity contribution in [2.45, 2.75) is 17.8 Å². The molecular formula is C20H18N4O3S. The summed E-state index contributed by atoms with van der Waals surface area (Å²) in [6, 6.07) is 11.4. The summed E-state index contributed by atoms with van der Waals surface area (Å²) in [7, 11) is 3.26. The second-order valence-corrected chi connectivity index (χ2v) is 7.14. The Morgan fingerprint density at radius 3 is 2.79 bits per heavy atom. The molecule has 0 spiro atoms. The van der Waals surface area contributed by atoms with Gasteiger partial charge in [0, 0.05) is 18.2 Å². The van der Waals surface area contributed by atoms with Crippen LogP contribution in [-0.4, -0.2) is 32.8 Å². The number of thioether (sulfide) groups is 1. The molecule has 0 radical (unpaired) electrons. The number of rotatable bonds is 5. The summed E-state index contributed by atoms with van der Waals surface area (Å²) < 4.78 is 12.3. The highest BCUT2D eigenvalue weighted by Gasteiger charge is 2.21. The zero-order chi connectivity index (χ0) is 19.7. The van der Waals surface area contributed by atoms with Gasteiger partial charge in [-0.3, -0.25) is 4.98 Å². The summed E-state index contributed by atoms with van der Waals surface area (Å²) >= 11 is 1.45. The molecule has 0 unspecified atom stereocenters. The van der Waals surface area contributed by atoms with Gasteiger partial charge in [0.05, 0.1) is 30.1 Å². The SMILES string of the molecule is COC(=O)c1c(CSc2nnc(-c3ccco3)n2C)nc2ccccc2c1C. The van der Waals surface area contributed by atoms with E-state index in [0.29, 0.717) is 33.8 Å². The van der Waals surface area contributed by atoms with E-state index in [9.17, 15) is 4.79 Å². The van der Waals surface area contributed by atoms with E-state index in [1.807, 2.05) is 48.9 Å². The third-order valence-corrected chi connectivity index (χ3v) is 5.56. The first-order valence-corrected chi connectivity index (χ1v) is 9.61. The molecule has 4 rings (SSSR count). The van der Waals surface area contributed by atoms with E-state index in [2.05, 4.69) is 10.2 Å². The summed E-state index contributed by atoms with van der Waals surface area (Å²) in [4.78, 5) is 17.1. The van der Waals surface area contributed by atoms with Gasteiger partial charge in [0.2, 0.25) is 0 Å². The average molecular weight is 394 g/mol. The van der Waals surface area contributed by atoms with Crippen LogP contribution in [0.15, 0.2) is 52.2 Å². The van der Waals surface area contributed by atoms with Gasteiger partial charge in [0.15, 0.2) is 16.7 Å². The number of hydrogen-bond acceptors (Lipinski definition) is 7. The van der Waals surface area contributed by atoms with E-state index in [0.717, 1.165) is 16.5 Å². The number of carbonyl (C=O) groups excluding carboxylic acids is 1. The standard InChI is InChI=1S/C20H18N4O3S/c1-12-13-7-4-5-8-14(13)21-15(17(12)19(25)26-3)11-28-20-23-22-18(24(20)2)16-9-6-10-27-16/h4-10H,11H2,1-3H3. The molecule has 28 heavy (non-hydrogen) atoms. The Hall–Kier alpha value is -3.13. The van der Waals surface area contributed by atoms with Crippen molar-refractivity contribution in [3.05, 3.63) is 59.5 Å². The number of para-hydroxylation sites is 1. The van der Waals surface area contributed by atoms with Crippen LogP contribution in [0.2, 0.25) is 0 Å². The van der Waals surface area contributed by atoms with Gasteiger partial charge < -0.3 is 13.7 Å². The third-order valence-electron chi connectivity index (χ3n) is 4.53. The van der Waals surface area contributed by atoms with Gasteiger partial charge in [-0.15, -0.1) is 10.2 Å². The summed E-state index contributed by atoms with van der Waals surface area (Å²) in [6.07, 6.45) is 1.60. The van der Waals surface area contributed by atoms with Gasteiger partial charge in [-0.2, -0.15) is 0 Å². The van der Waals surface area contributed by atoms with E-state index < -0.39 is 0 Å². The summed E-state index contributed by atoms with van der Waals surface area (Å²) in [5, 5.41) is 10.1. The molecule has 0 saturated carbocycles. The van der Waals surface area contributed by atoms with Crippen molar-refractivity contribution in [2.75, 3.05) is 7.11 Å². The molecule has 0 fully saturated rings. The molecule has 4 aromatic rings. The van der Waals surface area contributed by atoms with E-state index in [4.69, 9.17) is 14.1 Å². The predicted molar refractivity (Wildman–Crippen MR) is 106 cm³/mol. The molecule has 3 aromatic heterocycles. The van der Waals surface area contributed by atoms with Crippen molar-refractivity contribution in [2.24, 2.45) is 7.05 Å². The fourth-order valence-electron chi connectivity index (χ4n) is 3.11. The minimum atomic E-state index is -0.388. The average Bonchev–Trinajstić information content (AvgIpc) is 3.36. The number of fused-ring (bicyclic) bond motifs is 1. The van der Waals surface area contributed by atoms with Gasteiger partial charge in [-0.1, -0.05) is 30.0 Å². The smallest absolute Gasteiger partial charge is 0.340 e. The van der Waals surface area contributed by atoms with Crippen molar-refractivity contribution in [1.82, 2.24) is 19.7 Å². The van der Waals surface area contributed by atoms with Gasteiger partial charge >= 0.3 is 5.97 Å². The second-order valence-electron chi connectivity index (χ2n) is 6.20. The van der Waals surface area contributed by atoms with Crippen LogP contribution in [0, 0.1) is 6.92 Å². The van der Waals surface area contributed by atoms with E-state index in [1.54, 1.807) is 12.3 Å². The zero-order valence-electron chi connectivity index (χ0n) is 15.7. The first kappa shape index (κ1) is 18.2. The first-order chi connectivity index (χ1) is 13.6. The van der Waals surface area contributed by atoms with Crippen LogP contribution in [0.3, 0.4) is 0 Å². The molecule has 0 aliphatic rings. The number of hydrogen-bond donors (Lipinski definition) is 0. The van der Waals surface area contributed by atoms with E-state index in [1.165, 1.54) is 18.9 Å². The van der Waals surface area contributed by atoms with E-state index >= 15 is 0 Å². The summed E-state index contributed by atoms with van der Waals surface area (Å²) in [5.41, 5.74) is 2.87. The van der Waals surface area contributed by atoms with Gasteiger partial charge in [-0.25, -0.2) is 4.79 Å². The molecule has 0 amide bonds. The number of esters is 1. The van der Waals surface area contributed by atoms with Crippen molar-refractivity contribution in [1.29, 1.82) is 0 Å². The number of ether oxygens (including phenoxy) is 1. The van der Waals surface area contributed by atoms with Crippen LogP contribution in [0.1, 0.15) is 21.6 Å². The Labute approximate surface area is 165 Å². The molecule has 0 aliphatic carbocycles. The fourth-order valence-corrected chi connectivity index (χ4v) is 3.97. The monoisotopic (exact) mass is 394 g/mol. The van der Waals surface area contributed by atoms with E-state index in [-0.39, 0.29) is 5.97 Å². The predicted octanol–water partition coefficient (Wildman–Crippen LogP) is 4.01. The third kappa shape index (κ3) is 3.16. The Morgan fingerprint density at radius 1 is 1.21 bits per heavy atom. The normalized spacial score (nSPS) is 11.1. The van der Waals surface area contributed by atoms with Crippen molar-refractivity contribution in [3.8, 4) is 11.6 Å². The minimum absolute atomic E-state index is 0.388. The number of carbonyl (C=O) groups is 1. The van der Waals surface area contributed by atoms with Crippen LogP contribution >= 0.6 is 11.8 Å². The maximum Gasteiger partial charge on any atom is 0.340 e. The molecular weight excluding hydrogens is 376 g/mol. The van der Waals surface area contributed by atoms with Crippen molar-refractivity contribution < 1.29 is 13.9 Å². The van der Waals surface area contributed by atoms with Crippen LogP contribution < -0.4 is 0 Å². The van der Waals surface area contributed by atoms with Crippen LogP contribution in [0.25, 0.3) is 22.5 Å². The van der Waals surface area contributed by atoms with Crippen LogP contribution in [0.5, 0.6) is 0 Å². The lowest BCUT2D eigenvalue weighted by Gasteiger charge is -2.13. The lowest BCUT2D eigenvalue weighted by Crippen LogP contribution is -2.10. The zero-order valence-corrected chi connectivity index (χ0v) is 16.5. The quantitative estimate of drug-likeness (QED) is 0.373. The Balaban J connectivity index is 1.69. The maximum absolute atomic E-state index is 12.4. The topological polar surface area (TPSA) is 83.0 Å². The molecule has 1 aromatic carbocycles. The number of pyridine rings is 1. The second kappa shape index (κ2) is 7.47. The summed E-state index contributed by atoms with van der Waals surface area (Å²) in [6.45, 7) is 1.92. The maximum atomic E-state index is 12.4. The van der Waals surface area contributed by atoms with Crippen molar-refractivity contribution in [3.63, 3.8) is 0 Å². The lowest BCUT2D eigenvalue weighted by molar-refractivity contribution is 0.0598. The number of methoxy groups -OCH3 is 1. The molecule has 8 heteroatoms.